The fraction of sp³-hybridized carbons (Fsp3) is 0.143. The minimum absolute atomic E-state index is 0.505. The number of hydrogen-bond donors (Lipinski definition) is 0. The Morgan fingerprint density at radius 3 is 2.72 bits per heavy atom. The van der Waals surface area contributed by atoms with E-state index in [9.17, 15) is 4.79 Å². The highest BCUT2D eigenvalue weighted by molar-refractivity contribution is 5.81. The zero-order valence-electron chi connectivity index (χ0n) is 10.2. The first-order chi connectivity index (χ1) is 8.77. The Hall–Kier alpha value is -2.45. The lowest BCUT2D eigenvalue weighted by Crippen LogP contribution is -1.91. The Morgan fingerprint density at radius 1 is 1.22 bits per heavy atom. The van der Waals surface area contributed by atoms with Crippen LogP contribution in [-0.4, -0.2) is 18.2 Å². The van der Waals surface area contributed by atoms with Crippen LogP contribution < -0.4 is 4.74 Å². The van der Waals surface area contributed by atoms with E-state index in [4.69, 9.17) is 4.74 Å². The summed E-state index contributed by atoms with van der Waals surface area (Å²) in [6, 6.07) is 9.37. The molecule has 0 N–H and O–H groups in total. The quantitative estimate of drug-likeness (QED) is 0.612. The zero-order chi connectivity index (χ0) is 13.0. The molecule has 2 rings (SSSR count). The number of pyridine rings is 1. The molecule has 4 nitrogen and oxygen atoms in total. The summed E-state index contributed by atoms with van der Waals surface area (Å²) in [4.78, 5) is 18.4. The first kappa shape index (κ1) is 12.0. The fourth-order valence-corrected chi connectivity index (χ4v) is 1.83. The summed E-state index contributed by atoms with van der Waals surface area (Å²) in [6.07, 6.45) is 3.24. The molecule has 0 radical (unpaired) electrons. The molecule has 1 heterocycles. The van der Waals surface area contributed by atoms with Crippen LogP contribution in [0.3, 0.4) is 0 Å². The Balaban J connectivity index is 2.71. The maximum Gasteiger partial charge on any atom is 0.240 e. The van der Waals surface area contributed by atoms with Gasteiger partial charge in [0, 0.05) is 17.3 Å². The van der Waals surface area contributed by atoms with Crippen molar-refractivity contribution >= 4 is 11.8 Å². The fourth-order valence-electron chi connectivity index (χ4n) is 1.83. The number of rotatable bonds is 3. The number of isocyanates is 1. The number of aliphatic imine (C=N–C) groups is 1. The molecule has 4 heteroatoms. The average Bonchev–Trinajstić information content (AvgIpc) is 2.41. The Labute approximate surface area is 105 Å². The Bertz CT molecular complexity index is 617. The van der Waals surface area contributed by atoms with Crippen molar-refractivity contribution in [2.24, 2.45) is 4.99 Å². The molecule has 1 aromatic carbocycles. The van der Waals surface area contributed by atoms with Gasteiger partial charge in [0.25, 0.3) is 0 Å². The van der Waals surface area contributed by atoms with E-state index in [0.717, 1.165) is 16.7 Å². The van der Waals surface area contributed by atoms with Crippen LogP contribution in [0.4, 0.5) is 5.69 Å². The molecule has 90 valence electrons. The number of hydrogen-bond acceptors (Lipinski definition) is 4. The van der Waals surface area contributed by atoms with E-state index in [2.05, 4.69) is 9.98 Å². The van der Waals surface area contributed by atoms with Gasteiger partial charge in [0.05, 0.1) is 12.8 Å². The monoisotopic (exact) mass is 240 g/mol. The van der Waals surface area contributed by atoms with Crippen molar-refractivity contribution in [3.63, 3.8) is 0 Å². The second kappa shape index (κ2) is 5.25. The number of benzene rings is 1. The van der Waals surface area contributed by atoms with Crippen molar-refractivity contribution in [1.29, 1.82) is 0 Å². The normalized spacial score (nSPS) is 9.67. The second-order valence-corrected chi connectivity index (χ2v) is 3.73. The molecular formula is C14H12N2O2. The first-order valence-corrected chi connectivity index (χ1v) is 5.44. The highest BCUT2D eigenvalue weighted by atomic mass is 16.5. The third-order valence-electron chi connectivity index (χ3n) is 2.65. The molecule has 0 saturated carbocycles. The van der Waals surface area contributed by atoms with Crippen LogP contribution >= 0.6 is 0 Å². The third-order valence-corrected chi connectivity index (χ3v) is 2.65. The van der Waals surface area contributed by atoms with E-state index >= 15 is 0 Å². The Kier molecular flexibility index (Phi) is 3.51. The number of ether oxygens (including phenoxy) is 1. The predicted molar refractivity (Wildman–Crippen MR) is 68.7 cm³/mol. The van der Waals surface area contributed by atoms with Gasteiger partial charge in [-0.15, -0.1) is 0 Å². The van der Waals surface area contributed by atoms with Gasteiger partial charge in [0.1, 0.15) is 0 Å². The molecule has 18 heavy (non-hydrogen) atoms. The molecule has 0 saturated heterocycles. The summed E-state index contributed by atoms with van der Waals surface area (Å²) in [7, 11) is 1.56. The van der Waals surface area contributed by atoms with Crippen LogP contribution in [0.2, 0.25) is 0 Å². The minimum atomic E-state index is 0.505. The van der Waals surface area contributed by atoms with Crippen molar-refractivity contribution in [3.8, 4) is 17.0 Å². The van der Waals surface area contributed by atoms with Crippen LogP contribution in [0.5, 0.6) is 5.88 Å². The number of nitrogens with zero attached hydrogens (tertiary/aromatic N) is 2. The van der Waals surface area contributed by atoms with Crippen molar-refractivity contribution in [3.05, 3.63) is 42.1 Å². The summed E-state index contributed by atoms with van der Waals surface area (Å²) in [5.74, 6) is 0.505. The van der Waals surface area contributed by atoms with Gasteiger partial charge in [-0.05, 0) is 24.6 Å². The molecule has 0 bridgehead atoms. The molecule has 0 unspecified atom stereocenters. The number of para-hydroxylation sites is 1. The number of aryl methyl sites for hydroxylation is 1. The van der Waals surface area contributed by atoms with Crippen LogP contribution in [0.1, 0.15) is 5.56 Å². The van der Waals surface area contributed by atoms with Gasteiger partial charge in [-0.2, -0.15) is 4.99 Å². The van der Waals surface area contributed by atoms with E-state index in [-0.39, 0.29) is 0 Å². The third kappa shape index (κ3) is 2.14. The van der Waals surface area contributed by atoms with Crippen molar-refractivity contribution in [2.75, 3.05) is 7.11 Å². The van der Waals surface area contributed by atoms with Gasteiger partial charge in [0.2, 0.25) is 12.0 Å². The van der Waals surface area contributed by atoms with Crippen molar-refractivity contribution in [1.82, 2.24) is 4.98 Å². The van der Waals surface area contributed by atoms with E-state index in [0.29, 0.717) is 11.6 Å². The van der Waals surface area contributed by atoms with Crippen LogP contribution in [0, 0.1) is 6.92 Å². The topological polar surface area (TPSA) is 51.6 Å². The molecular weight excluding hydrogens is 228 g/mol. The smallest absolute Gasteiger partial charge is 0.240 e. The van der Waals surface area contributed by atoms with Crippen LogP contribution in [-0.2, 0) is 4.79 Å². The molecule has 0 atom stereocenters. The summed E-state index contributed by atoms with van der Waals surface area (Å²) in [5.41, 5.74) is 3.11. The summed E-state index contributed by atoms with van der Waals surface area (Å²) in [6.45, 7) is 1.89. The lowest BCUT2D eigenvalue weighted by molar-refractivity contribution is 0.399. The molecule has 0 aliphatic carbocycles. The lowest BCUT2D eigenvalue weighted by Gasteiger charge is -2.10. The van der Waals surface area contributed by atoms with Gasteiger partial charge < -0.3 is 4.74 Å². The molecule has 1 aromatic heterocycles. The van der Waals surface area contributed by atoms with Crippen LogP contribution in [0.25, 0.3) is 11.1 Å². The highest BCUT2D eigenvalue weighted by Crippen LogP contribution is 2.36. The second-order valence-electron chi connectivity index (χ2n) is 3.73. The molecule has 0 aliphatic rings. The standard InChI is InChI=1S/C14H12N2O2/c1-10-5-3-6-11(13(10)16-9-17)12-7-4-8-15-14(12)18-2/h3-8H,1-2H3. The van der Waals surface area contributed by atoms with Gasteiger partial charge >= 0.3 is 0 Å². The minimum Gasteiger partial charge on any atom is -0.481 e. The van der Waals surface area contributed by atoms with Crippen molar-refractivity contribution < 1.29 is 9.53 Å². The molecule has 0 aliphatic heterocycles. The van der Waals surface area contributed by atoms with Crippen LogP contribution in [0.15, 0.2) is 41.5 Å². The Morgan fingerprint density at radius 2 is 2.00 bits per heavy atom. The van der Waals surface area contributed by atoms with E-state index in [1.54, 1.807) is 19.4 Å². The number of aromatic nitrogens is 1. The van der Waals surface area contributed by atoms with Gasteiger partial charge in [0.15, 0.2) is 0 Å². The molecule has 0 amide bonds. The van der Waals surface area contributed by atoms with E-state index in [1.807, 2.05) is 37.3 Å². The van der Waals surface area contributed by atoms with Gasteiger partial charge in [-0.3, -0.25) is 0 Å². The maximum atomic E-state index is 10.5. The van der Waals surface area contributed by atoms with Gasteiger partial charge in [-0.25, -0.2) is 9.78 Å². The summed E-state index contributed by atoms with van der Waals surface area (Å²) in [5, 5.41) is 0. The largest absolute Gasteiger partial charge is 0.481 e. The van der Waals surface area contributed by atoms with Crippen molar-refractivity contribution in [2.45, 2.75) is 6.92 Å². The number of methoxy groups -OCH3 is 1. The van der Waals surface area contributed by atoms with Gasteiger partial charge in [-0.1, -0.05) is 18.2 Å². The average molecular weight is 240 g/mol. The molecule has 0 fully saturated rings. The number of carbonyl (C=O) groups excluding carboxylic acids is 1. The molecule has 0 spiro atoms. The lowest BCUT2D eigenvalue weighted by atomic mass is 10.0. The SMILES string of the molecule is COc1ncccc1-c1cccc(C)c1N=C=O. The highest BCUT2D eigenvalue weighted by Gasteiger charge is 2.12. The summed E-state index contributed by atoms with van der Waals surface area (Å²) < 4.78 is 5.22. The van der Waals surface area contributed by atoms with E-state index in [1.165, 1.54) is 0 Å². The maximum absolute atomic E-state index is 10.5. The van der Waals surface area contributed by atoms with E-state index < -0.39 is 0 Å². The first-order valence-electron chi connectivity index (χ1n) is 5.44. The predicted octanol–water partition coefficient (Wildman–Crippen LogP) is 3.03. The zero-order valence-corrected chi connectivity index (χ0v) is 10.2. The molecule has 2 aromatic rings. The summed E-state index contributed by atoms with van der Waals surface area (Å²) >= 11 is 0.